The summed E-state index contributed by atoms with van der Waals surface area (Å²) in [5.74, 6) is 0.392. The summed E-state index contributed by atoms with van der Waals surface area (Å²) >= 11 is 12.6. The van der Waals surface area contributed by atoms with Crippen LogP contribution in [0.15, 0.2) is 36.4 Å². The molecule has 1 atom stereocenters. The standard InChI is InChI=1S/C29H36Cl2N4O4/c30-23-5-3-7-25(28(23)31)34-16-14-33(15-17-34)13-1-2-18-38-22-10-8-21-9-11-27(36)35(26(21)19-22)20-39-29(37)24-6-4-12-32-24/h3,5,7-8,10,19,24,32H,1-2,4,6,9,11-18,20H2/t24-/m0/s1. The monoisotopic (exact) mass is 574 g/mol. The lowest BCUT2D eigenvalue weighted by Gasteiger charge is -2.36. The molecular formula is C29H36Cl2N4O4. The first-order valence-corrected chi connectivity index (χ1v) is 14.6. The van der Waals surface area contributed by atoms with Crippen molar-refractivity contribution in [3.63, 3.8) is 0 Å². The average molecular weight is 576 g/mol. The number of carbonyl (C=O) groups is 2. The van der Waals surface area contributed by atoms with Gasteiger partial charge in [0.15, 0.2) is 6.73 Å². The number of nitrogens with one attached hydrogen (secondary N) is 1. The topological polar surface area (TPSA) is 74.4 Å². The molecule has 8 nitrogen and oxygen atoms in total. The third-order valence-corrected chi connectivity index (χ3v) is 8.53. The fourth-order valence-electron chi connectivity index (χ4n) is 5.44. The summed E-state index contributed by atoms with van der Waals surface area (Å²) in [6, 6.07) is 11.4. The van der Waals surface area contributed by atoms with Gasteiger partial charge in [-0.1, -0.05) is 35.3 Å². The largest absolute Gasteiger partial charge is 0.494 e. The minimum atomic E-state index is -0.297. The first-order valence-electron chi connectivity index (χ1n) is 13.9. The predicted molar refractivity (Wildman–Crippen MR) is 154 cm³/mol. The van der Waals surface area contributed by atoms with Crippen molar-refractivity contribution in [1.82, 2.24) is 10.2 Å². The fourth-order valence-corrected chi connectivity index (χ4v) is 5.85. The Balaban J connectivity index is 1.05. The molecule has 5 rings (SSSR count). The van der Waals surface area contributed by atoms with Gasteiger partial charge >= 0.3 is 5.97 Å². The van der Waals surface area contributed by atoms with Crippen molar-refractivity contribution in [3.8, 4) is 5.75 Å². The Morgan fingerprint density at radius 2 is 1.87 bits per heavy atom. The minimum absolute atomic E-state index is 0.0374. The van der Waals surface area contributed by atoms with E-state index in [0.717, 1.165) is 87.6 Å². The molecule has 3 heterocycles. The Hall–Kier alpha value is -2.52. The zero-order valence-electron chi connectivity index (χ0n) is 22.2. The number of carbonyl (C=O) groups excluding carboxylic acids is 2. The molecule has 10 heteroatoms. The number of unbranched alkanes of at least 4 members (excludes halogenated alkanes) is 1. The van der Waals surface area contributed by atoms with Gasteiger partial charge in [0.2, 0.25) is 5.91 Å². The zero-order chi connectivity index (χ0) is 27.2. The van der Waals surface area contributed by atoms with Crippen LogP contribution in [0.25, 0.3) is 0 Å². The van der Waals surface area contributed by atoms with Gasteiger partial charge in [-0.2, -0.15) is 0 Å². The lowest BCUT2D eigenvalue weighted by Crippen LogP contribution is -2.46. The van der Waals surface area contributed by atoms with Crippen LogP contribution >= 0.6 is 23.2 Å². The van der Waals surface area contributed by atoms with Crippen molar-refractivity contribution in [2.75, 3.05) is 62.4 Å². The van der Waals surface area contributed by atoms with Gasteiger partial charge in [-0.05, 0) is 69.0 Å². The molecule has 0 spiro atoms. The van der Waals surface area contributed by atoms with Crippen molar-refractivity contribution in [3.05, 3.63) is 52.0 Å². The SMILES string of the molecule is O=C(OCN1C(=O)CCc2ccc(OCCCCN3CCN(c4cccc(Cl)c4Cl)CC3)cc21)[C@@H]1CCCN1. The second kappa shape index (κ2) is 13.2. The van der Waals surface area contributed by atoms with Crippen molar-refractivity contribution in [2.45, 2.75) is 44.6 Å². The van der Waals surface area contributed by atoms with E-state index in [1.165, 1.54) is 0 Å². The van der Waals surface area contributed by atoms with Gasteiger partial charge in [0.25, 0.3) is 0 Å². The molecule has 0 radical (unpaired) electrons. The summed E-state index contributed by atoms with van der Waals surface area (Å²) in [6.45, 7) is 6.20. The van der Waals surface area contributed by atoms with Gasteiger partial charge < -0.3 is 19.7 Å². The molecule has 39 heavy (non-hydrogen) atoms. The summed E-state index contributed by atoms with van der Waals surface area (Å²) in [4.78, 5) is 31.3. The number of rotatable bonds is 10. The van der Waals surface area contributed by atoms with Crippen LogP contribution in [-0.2, 0) is 20.7 Å². The molecule has 1 amide bonds. The van der Waals surface area contributed by atoms with Crippen molar-refractivity contribution < 1.29 is 19.1 Å². The van der Waals surface area contributed by atoms with Crippen LogP contribution in [-0.4, -0.2) is 75.4 Å². The van der Waals surface area contributed by atoms with E-state index in [0.29, 0.717) is 29.5 Å². The molecule has 1 N–H and O–H groups in total. The number of piperazine rings is 1. The number of esters is 1. The number of hydrogen-bond acceptors (Lipinski definition) is 7. The lowest BCUT2D eigenvalue weighted by molar-refractivity contribution is -0.146. The minimum Gasteiger partial charge on any atom is -0.494 e. The van der Waals surface area contributed by atoms with Crippen molar-refractivity contribution in [2.24, 2.45) is 0 Å². The molecule has 3 aliphatic rings. The first kappa shape index (κ1) is 28.0. The number of hydrogen-bond donors (Lipinski definition) is 1. The molecular weight excluding hydrogens is 539 g/mol. The molecule has 0 saturated carbocycles. The van der Waals surface area contributed by atoms with Crippen LogP contribution in [0, 0.1) is 0 Å². The van der Waals surface area contributed by atoms with Crippen LogP contribution in [0.5, 0.6) is 5.75 Å². The molecule has 0 aromatic heterocycles. The Morgan fingerprint density at radius 1 is 1.03 bits per heavy atom. The fraction of sp³-hybridized carbons (Fsp3) is 0.517. The summed E-state index contributed by atoms with van der Waals surface area (Å²) in [6.07, 6.45) is 4.80. The van der Waals surface area contributed by atoms with E-state index in [9.17, 15) is 9.59 Å². The van der Waals surface area contributed by atoms with E-state index in [-0.39, 0.29) is 24.6 Å². The molecule has 2 fully saturated rings. The number of amides is 1. The normalized spacial score (nSPS) is 19.7. The molecule has 0 aliphatic carbocycles. The Labute approximate surface area is 240 Å². The zero-order valence-corrected chi connectivity index (χ0v) is 23.7. The molecule has 210 valence electrons. The summed E-state index contributed by atoms with van der Waals surface area (Å²) in [5.41, 5.74) is 2.84. The third-order valence-electron chi connectivity index (χ3n) is 7.72. The van der Waals surface area contributed by atoms with E-state index in [1.54, 1.807) is 4.90 Å². The number of nitrogens with zero attached hydrogens (tertiary/aromatic N) is 3. The van der Waals surface area contributed by atoms with Gasteiger partial charge in [0.05, 0.1) is 28.0 Å². The van der Waals surface area contributed by atoms with Gasteiger partial charge in [-0.25, -0.2) is 0 Å². The summed E-state index contributed by atoms with van der Waals surface area (Å²) in [7, 11) is 0. The van der Waals surface area contributed by atoms with Gasteiger partial charge in [-0.15, -0.1) is 0 Å². The predicted octanol–water partition coefficient (Wildman–Crippen LogP) is 4.51. The number of benzene rings is 2. The van der Waals surface area contributed by atoms with Gasteiger partial charge in [0, 0.05) is 38.7 Å². The molecule has 3 aliphatic heterocycles. The van der Waals surface area contributed by atoms with E-state index in [2.05, 4.69) is 15.1 Å². The quantitative estimate of drug-likeness (QED) is 0.330. The van der Waals surface area contributed by atoms with E-state index in [4.69, 9.17) is 32.7 Å². The van der Waals surface area contributed by atoms with E-state index < -0.39 is 0 Å². The number of fused-ring (bicyclic) bond motifs is 1. The van der Waals surface area contributed by atoms with E-state index >= 15 is 0 Å². The number of aryl methyl sites for hydroxylation is 1. The van der Waals surface area contributed by atoms with Crippen LogP contribution in [0.4, 0.5) is 11.4 Å². The third kappa shape index (κ3) is 6.98. The maximum absolute atomic E-state index is 12.6. The van der Waals surface area contributed by atoms with Crippen LogP contribution < -0.4 is 19.9 Å². The van der Waals surface area contributed by atoms with Crippen molar-refractivity contribution >= 4 is 46.5 Å². The Bertz CT molecular complexity index is 1170. The Kier molecular flexibility index (Phi) is 9.50. The van der Waals surface area contributed by atoms with Crippen LogP contribution in [0.2, 0.25) is 10.0 Å². The molecule has 2 saturated heterocycles. The number of anilines is 2. The highest BCUT2D eigenvalue weighted by Gasteiger charge is 2.28. The highest BCUT2D eigenvalue weighted by Crippen LogP contribution is 2.33. The maximum Gasteiger partial charge on any atom is 0.324 e. The molecule has 2 aromatic rings. The molecule has 2 aromatic carbocycles. The molecule has 0 unspecified atom stereocenters. The number of ether oxygens (including phenoxy) is 2. The second-order valence-corrected chi connectivity index (χ2v) is 11.1. The number of halogens is 2. The van der Waals surface area contributed by atoms with Gasteiger partial charge in [0.1, 0.15) is 11.8 Å². The highest BCUT2D eigenvalue weighted by molar-refractivity contribution is 6.43. The van der Waals surface area contributed by atoms with Crippen LogP contribution in [0.3, 0.4) is 0 Å². The first-order chi connectivity index (χ1) is 19.0. The average Bonchev–Trinajstić information content (AvgIpc) is 3.49. The summed E-state index contributed by atoms with van der Waals surface area (Å²) < 4.78 is 11.5. The van der Waals surface area contributed by atoms with E-state index in [1.807, 2.05) is 36.4 Å². The maximum atomic E-state index is 12.6. The second-order valence-electron chi connectivity index (χ2n) is 10.3. The smallest absolute Gasteiger partial charge is 0.324 e. The lowest BCUT2D eigenvalue weighted by atomic mass is 10.0. The van der Waals surface area contributed by atoms with Crippen LogP contribution in [0.1, 0.15) is 37.7 Å². The Morgan fingerprint density at radius 3 is 2.67 bits per heavy atom. The molecule has 0 bridgehead atoms. The van der Waals surface area contributed by atoms with Gasteiger partial charge in [-0.3, -0.25) is 19.4 Å². The summed E-state index contributed by atoms with van der Waals surface area (Å²) in [5, 5.41) is 4.36. The highest BCUT2D eigenvalue weighted by atomic mass is 35.5. The van der Waals surface area contributed by atoms with Crippen molar-refractivity contribution in [1.29, 1.82) is 0 Å².